The normalized spacial score (nSPS) is 13.1. The Morgan fingerprint density at radius 3 is 2.33 bits per heavy atom. The number of carbonyl (C=O) groups is 2. The minimum absolute atomic E-state index is 0.0330. The van der Waals surface area contributed by atoms with E-state index in [1.54, 1.807) is 0 Å². The molecule has 0 saturated carbocycles. The zero-order valence-electron chi connectivity index (χ0n) is 11.9. The van der Waals surface area contributed by atoms with Gasteiger partial charge in [-0.25, -0.2) is 4.79 Å². The second-order valence-corrected chi connectivity index (χ2v) is 5.53. The van der Waals surface area contributed by atoms with E-state index in [0.717, 1.165) is 12.8 Å². The fourth-order valence-electron chi connectivity index (χ4n) is 1.48. The van der Waals surface area contributed by atoms with Crippen LogP contribution < -0.4 is 10.6 Å². The molecule has 3 N–H and O–H groups in total. The minimum Gasteiger partial charge on any atom is -0.480 e. The first-order chi connectivity index (χ1) is 8.26. The maximum Gasteiger partial charge on any atom is 0.326 e. The third kappa shape index (κ3) is 8.98. The van der Waals surface area contributed by atoms with E-state index in [4.69, 9.17) is 5.11 Å². The maximum atomic E-state index is 11.6. The van der Waals surface area contributed by atoms with Crippen molar-refractivity contribution >= 4 is 11.9 Å². The van der Waals surface area contributed by atoms with E-state index in [0.29, 0.717) is 19.4 Å². The van der Waals surface area contributed by atoms with E-state index < -0.39 is 12.0 Å². The Labute approximate surface area is 109 Å². The van der Waals surface area contributed by atoms with Gasteiger partial charge in [-0.05, 0) is 27.2 Å². The molecule has 0 aromatic heterocycles. The molecule has 0 aromatic carbocycles. The van der Waals surface area contributed by atoms with Gasteiger partial charge in [0, 0.05) is 18.5 Å². The van der Waals surface area contributed by atoms with Gasteiger partial charge in [0.1, 0.15) is 6.04 Å². The monoisotopic (exact) mass is 258 g/mol. The third-order valence-electron chi connectivity index (χ3n) is 2.49. The largest absolute Gasteiger partial charge is 0.480 e. The quantitative estimate of drug-likeness (QED) is 0.617. The first kappa shape index (κ1) is 16.9. The first-order valence-electron chi connectivity index (χ1n) is 6.53. The highest BCUT2D eigenvalue weighted by molar-refractivity contribution is 5.83. The Balaban J connectivity index is 3.99. The van der Waals surface area contributed by atoms with Gasteiger partial charge in [-0.3, -0.25) is 4.79 Å². The van der Waals surface area contributed by atoms with Crippen LogP contribution in [0.5, 0.6) is 0 Å². The molecule has 0 rings (SSSR count). The molecule has 5 heteroatoms. The number of unbranched alkanes of at least 4 members (excludes halogenated alkanes) is 1. The average molecular weight is 258 g/mol. The molecule has 0 spiro atoms. The summed E-state index contributed by atoms with van der Waals surface area (Å²) in [5.74, 6) is -1.17. The molecule has 0 heterocycles. The van der Waals surface area contributed by atoms with Crippen LogP contribution in [0.2, 0.25) is 0 Å². The van der Waals surface area contributed by atoms with Crippen molar-refractivity contribution in [2.75, 3.05) is 6.54 Å². The van der Waals surface area contributed by atoms with Gasteiger partial charge < -0.3 is 15.7 Å². The van der Waals surface area contributed by atoms with Gasteiger partial charge in [-0.2, -0.15) is 0 Å². The van der Waals surface area contributed by atoms with Crippen molar-refractivity contribution in [3.05, 3.63) is 0 Å². The average Bonchev–Trinajstić information content (AvgIpc) is 2.21. The zero-order chi connectivity index (χ0) is 14.2. The molecule has 18 heavy (non-hydrogen) atoms. The van der Waals surface area contributed by atoms with Gasteiger partial charge in [0.2, 0.25) is 5.91 Å². The van der Waals surface area contributed by atoms with Crippen LogP contribution in [0.25, 0.3) is 0 Å². The molecule has 5 nitrogen and oxygen atoms in total. The lowest BCUT2D eigenvalue weighted by Crippen LogP contribution is -2.43. The van der Waals surface area contributed by atoms with Gasteiger partial charge in [0.25, 0.3) is 0 Å². The van der Waals surface area contributed by atoms with Crippen molar-refractivity contribution in [2.24, 2.45) is 0 Å². The molecular formula is C13H26N2O3. The zero-order valence-corrected chi connectivity index (χ0v) is 11.9. The molecule has 1 atom stereocenters. The smallest absolute Gasteiger partial charge is 0.326 e. The predicted octanol–water partition coefficient (Wildman–Crippen LogP) is 1.52. The van der Waals surface area contributed by atoms with E-state index in [2.05, 4.69) is 10.6 Å². The summed E-state index contributed by atoms with van der Waals surface area (Å²) in [6.45, 7) is 8.61. The van der Waals surface area contributed by atoms with Crippen LogP contribution in [0.15, 0.2) is 0 Å². The lowest BCUT2D eigenvalue weighted by Gasteiger charge is -2.20. The molecule has 0 saturated heterocycles. The molecule has 0 radical (unpaired) electrons. The molecule has 0 aliphatic heterocycles. The van der Waals surface area contributed by atoms with Crippen molar-refractivity contribution in [3.8, 4) is 0 Å². The SMILES string of the molecule is CCCCC(NC(=O)CCNC(C)(C)C)C(=O)O. The van der Waals surface area contributed by atoms with Gasteiger partial charge in [-0.1, -0.05) is 19.8 Å². The van der Waals surface area contributed by atoms with Crippen molar-refractivity contribution in [2.45, 2.75) is 65.0 Å². The summed E-state index contributed by atoms with van der Waals surface area (Å²) in [7, 11) is 0. The van der Waals surface area contributed by atoms with Gasteiger partial charge in [0.15, 0.2) is 0 Å². The van der Waals surface area contributed by atoms with Crippen molar-refractivity contribution in [1.29, 1.82) is 0 Å². The van der Waals surface area contributed by atoms with Crippen LogP contribution in [0.1, 0.15) is 53.4 Å². The summed E-state index contributed by atoms with van der Waals surface area (Å²) in [5.41, 5.74) is -0.0330. The minimum atomic E-state index is -0.958. The number of hydrogen-bond donors (Lipinski definition) is 3. The van der Waals surface area contributed by atoms with Crippen molar-refractivity contribution < 1.29 is 14.7 Å². The second kappa shape index (κ2) is 8.08. The molecule has 0 bridgehead atoms. The Hall–Kier alpha value is -1.10. The molecule has 1 amide bonds. The molecule has 1 unspecified atom stereocenters. The van der Waals surface area contributed by atoms with E-state index in [1.807, 2.05) is 27.7 Å². The number of hydrogen-bond acceptors (Lipinski definition) is 3. The Bertz CT molecular complexity index is 272. The van der Waals surface area contributed by atoms with Crippen molar-refractivity contribution in [1.82, 2.24) is 10.6 Å². The van der Waals surface area contributed by atoms with Gasteiger partial charge in [-0.15, -0.1) is 0 Å². The summed E-state index contributed by atoms with van der Waals surface area (Å²) in [6, 6.07) is -0.757. The summed E-state index contributed by atoms with van der Waals surface area (Å²) >= 11 is 0. The highest BCUT2D eigenvalue weighted by Crippen LogP contribution is 2.02. The second-order valence-electron chi connectivity index (χ2n) is 5.53. The summed E-state index contributed by atoms with van der Waals surface area (Å²) in [6.07, 6.45) is 2.51. The highest BCUT2D eigenvalue weighted by atomic mass is 16.4. The summed E-state index contributed by atoms with van der Waals surface area (Å²) < 4.78 is 0. The summed E-state index contributed by atoms with van der Waals surface area (Å²) in [5, 5.41) is 14.7. The number of nitrogens with one attached hydrogen (secondary N) is 2. The Morgan fingerprint density at radius 2 is 1.89 bits per heavy atom. The number of amides is 1. The van der Waals surface area contributed by atoms with E-state index >= 15 is 0 Å². The highest BCUT2D eigenvalue weighted by Gasteiger charge is 2.19. The topological polar surface area (TPSA) is 78.4 Å². The fraction of sp³-hybridized carbons (Fsp3) is 0.846. The summed E-state index contributed by atoms with van der Waals surface area (Å²) in [4.78, 5) is 22.5. The molecular weight excluding hydrogens is 232 g/mol. The first-order valence-corrected chi connectivity index (χ1v) is 6.53. The Morgan fingerprint density at radius 1 is 1.28 bits per heavy atom. The van der Waals surface area contributed by atoms with Crippen LogP contribution in [-0.2, 0) is 9.59 Å². The fourth-order valence-corrected chi connectivity index (χ4v) is 1.48. The van der Waals surface area contributed by atoms with Crippen LogP contribution in [0.4, 0.5) is 0 Å². The maximum absolute atomic E-state index is 11.6. The van der Waals surface area contributed by atoms with Gasteiger partial charge >= 0.3 is 5.97 Å². The van der Waals surface area contributed by atoms with E-state index in [9.17, 15) is 9.59 Å². The third-order valence-corrected chi connectivity index (χ3v) is 2.49. The van der Waals surface area contributed by atoms with Crippen LogP contribution in [-0.4, -0.2) is 35.1 Å². The molecule has 0 fully saturated rings. The van der Waals surface area contributed by atoms with E-state index in [1.165, 1.54) is 0 Å². The lowest BCUT2D eigenvalue weighted by molar-refractivity contribution is -0.142. The molecule has 0 aliphatic carbocycles. The standard InChI is InChI=1S/C13H26N2O3/c1-5-6-7-10(12(17)18)15-11(16)8-9-14-13(2,3)4/h10,14H,5-9H2,1-4H3,(H,15,16)(H,17,18). The van der Waals surface area contributed by atoms with Crippen LogP contribution in [0, 0.1) is 0 Å². The van der Waals surface area contributed by atoms with Crippen molar-refractivity contribution in [3.63, 3.8) is 0 Å². The Kier molecular flexibility index (Phi) is 7.59. The molecule has 0 aliphatic rings. The predicted molar refractivity (Wildman–Crippen MR) is 71.5 cm³/mol. The number of carboxylic acids is 1. The van der Waals surface area contributed by atoms with Crippen LogP contribution in [0.3, 0.4) is 0 Å². The van der Waals surface area contributed by atoms with Gasteiger partial charge in [0.05, 0.1) is 0 Å². The molecule has 106 valence electrons. The number of aliphatic carboxylic acids is 1. The van der Waals surface area contributed by atoms with E-state index in [-0.39, 0.29) is 11.4 Å². The number of rotatable bonds is 8. The number of carboxylic acid groups (broad SMARTS) is 1. The van der Waals surface area contributed by atoms with Crippen LogP contribution >= 0.6 is 0 Å². The lowest BCUT2D eigenvalue weighted by atomic mass is 10.1. The molecule has 0 aromatic rings. The number of carbonyl (C=O) groups excluding carboxylic acids is 1.